The quantitative estimate of drug-likeness (QED) is 0.864. The number of aromatic nitrogens is 2. The van der Waals surface area contributed by atoms with Gasteiger partial charge in [-0.25, -0.2) is 4.98 Å². The highest BCUT2D eigenvalue weighted by atomic mass is 16.2. The number of hydrogen-bond donors (Lipinski definition) is 2. The van der Waals surface area contributed by atoms with Crippen molar-refractivity contribution >= 4 is 11.4 Å². The molecule has 5 nitrogen and oxygen atoms in total. The predicted molar refractivity (Wildman–Crippen MR) is 75.7 cm³/mol. The van der Waals surface area contributed by atoms with Crippen LogP contribution >= 0.6 is 0 Å². The fourth-order valence-corrected chi connectivity index (χ4v) is 3.49. The van der Waals surface area contributed by atoms with E-state index in [0.29, 0.717) is 17.8 Å². The smallest absolute Gasteiger partial charge is 0.271 e. The first kappa shape index (κ1) is 11.9. The third kappa shape index (κ3) is 1.81. The van der Waals surface area contributed by atoms with E-state index in [4.69, 9.17) is 0 Å². The van der Waals surface area contributed by atoms with Crippen LogP contribution in [0.15, 0.2) is 24.5 Å². The highest BCUT2D eigenvalue weighted by Crippen LogP contribution is 2.28. The van der Waals surface area contributed by atoms with Crippen molar-refractivity contribution < 1.29 is 4.79 Å². The van der Waals surface area contributed by atoms with Gasteiger partial charge in [-0.1, -0.05) is 0 Å². The average Bonchev–Trinajstić information content (AvgIpc) is 3.15. The Labute approximate surface area is 117 Å². The lowest BCUT2D eigenvalue weighted by molar-refractivity contribution is 0.0925. The van der Waals surface area contributed by atoms with Gasteiger partial charge in [-0.3, -0.25) is 4.79 Å². The van der Waals surface area contributed by atoms with E-state index < -0.39 is 0 Å². The van der Waals surface area contributed by atoms with Gasteiger partial charge in [0.05, 0.1) is 11.7 Å². The van der Waals surface area contributed by atoms with Crippen LogP contribution in [0.1, 0.15) is 35.4 Å². The number of amides is 1. The molecular weight excluding hydrogens is 252 g/mol. The lowest BCUT2D eigenvalue weighted by atomic mass is 9.95. The van der Waals surface area contributed by atoms with Crippen molar-refractivity contribution in [1.29, 1.82) is 0 Å². The average molecular weight is 270 g/mol. The Morgan fingerprint density at radius 2 is 2.35 bits per heavy atom. The first-order chi connectivity index (χ1) is 9.70. The summed E-state index contributed by atoms with van der Waals surface area (Å²) >= 11 is 0. The van der Waals surface area contributed by atoms with E-state index in [1.54, 1.807) is 6.20 Å². The van der Waals surface area contributed by atoms with Crippen molar-refractivity contribution in [3.8, 4) is 0 Å². The fraction of sp³-hybridized carbons (Fsp3) is 0.467. The Morgan fingerprint density at radius 1 is 1.45 bits per heavy atom. The molecule has 104 valence electrons. The number of hydrogen-bond acceptors (Lipinski definition) is 3. The zero-order chi connectivity index (χ0) is 13.7. The molecule has 2 aromatic rings. The van der Waals surface area contributed by atoms with Gasteiger partial charge in [0.15, 0.2) is 0 Å². The summed E-state index contributed by atoms with van der Waals surface area (Å²) in [5, 5.41) is 6.65. The Morgan fingerprint density at radius 3 is 3.10 bits per heavy atom. The van der Waals surface area contributed by atoms with Crippen molar-refractivity contribution in [2.24, 2.45) is 0 Å². The minimum absolute atomic E-state index is 0.0700. The van der Waals surface area contributed by atoms with Gasteiger partial charge in [0.1, 0.15) is 5.69 Å². The summed E-state index contributed by atoms with van der Waals surface area (Å²) in [5.74, 6) is -0.0700. The highest BCUT2D eigenvalue weighted by Gasteiger charge is 2.39. The molecule has 0 saturated carbocycles. The van der Waals surface area contributed by atoms with E-state index in [9.17, 15) is 4.79 Å². The molecule has 2 N–H and O–H groups in total. The second-order valence-corrected chi connectivity index (χ2v) is 5.91. The molecule has 0 spiro atoms. The molecule has 0 unspecified atom stereocenters. The molecule has 2 saturated heterocycles. The van der Waals surface area contributed by atoms with Gasteiger partial charge in [0.25, 0.3) is 5.91 Å². The van der Waals surface area contributed by atoms with Crippen LogP contribution in [0.25, 0.3) is 5.52 Å². The molecule has 2 aromatic heterocycles. The molecule has 3 atom stereocenters. The van der Waals surface area contributed by atoms with E-state index in [1.165, 1.54) is 12.8 Å². The topological polar surface area (TPSA) is 58.4 Å². The van der Waals surface area contributed by atoms with Gasteiger partial charge in [-0.05, 0) is 38.3 Å². The third-order valence-corrected chi connectivity index (χ3v) is 4.59. The minimum atomic E-state index is -0.0700. The van der Waals surface area contributed by atoms with Crippen LogP contribution in [0.3, 0.4) is 0 Å². The first-order valence-electron chi connectivity index (χ1n) is 7.21. The zero-order valence-corrected chi connectivity index (χ0v) is 11.5. The van der Waals surface area contributed by atoms with Gasteiger partial charge >= 0.3 is 0 Å². The molecule has 0 aromatic carbocycles. The molecule has 4 heterocycles. The van der Waals surface area contributed by atoms with E-state index in [-0.39, 0.29) is 11.9 Å². The molecule has 4 rings (SSSR count). The summed E-state index contributed by atoms with van der Waals surface area (Å²) in [6.45, 7) is 2.02. The van der Waals surface area contributed by atoms with Crippen LogP contribution in [0, 0.1) is 6.92 Å². The summed E-state index contributed by atoms with van der Waals surface area (Å²) in [6.07, 6.45) is 7.02. The fourth-order valence-electron chi connectivity index (χ4n) is 3.49. The molecule has 2 aliphatic heterocycles. The summed E-state index contributed by atoms with van der Waals surface area (Å²) in [7, 11) is 0. The molecular formula is C15H18N4O. The number of nitrogens with zero attached hydrogens (tertiary/aromatic N) is 2. The number of fused-ring (bicyclic) bond motifs is 3. The zero-order valence-electron chi connectivity index (χ0n) is 11.5. The van der Waals surface area contributed by atoms with Crippen LogP contribution in [0.5, 0.6) is 0 Å². The maximum absolute atomic E-state index is 12.3. The largest absolute Gasteiger partial charge is 0.346 e. The van der Waals surface area contributed by atoms with Crippen molar-refractivity contribution in [3.63, 3.8) is 0 Å². The number of carbonyl (C=O) groups is 1. The third-order valence-electron chi connectivity index (χ3n) is 4.59. The lowest BCUT2D eigenvalue weighted by Gasteiger charge is -2.21. The number of aryl methyl sites for hydroxylation is 1. The van der Waals surface area contributed by atoms with Crippen molar-refractivity contribution in [1.82, 2.24) is 20.0 Å². The molecule has 5 heteroatoms. The van der Waals surface area contributed by atoms with Crippen LogP contribution in [-0.2, 0) is 0 Å². The van der Waals surface area contributed by atoms with Crippen LogP contribution in [-0.4, -0.2) is 33.4 Å². The Balaban J connectivity index is 1.56. The van der Waals surface area contributed by atoms with Crippen molar-refractivity contribution in [3.05, 3.63) is 35.9 Å². The molecule has 2 bridgehead atoms. The molecule has 0 radical (unpaired) electrons. The van der Waals surface area contributed by atoms with Gasteiger partial charge in [0.2, 0.25) is 0 Å². The van der Waals surface area contributed by atoms with E-state index in [2.05, 4.69) is 15.6 Å². The summed E-state index contributed by atoms with van der Waals surface area (Å²) in [5.41, 5.74) is 2.61. The van der Waals surface area contributed by atoms with E-state index in [1.807, 2.05) is 29.7 Å². The van der Waals surface area contributed by atoms with Crippen LogP contribution < -0.4 is 10.6 Å². The standard InChI is InChI=1S/C15H18N4O/c1-9-2-4-11-7-16-14(8-19(9)11)15(20)18-13-6-10-3-5-12(13)17-10/h2,4,7-8,10,12-13,17H,3,5-6H2,1H3,(H,18,20)/t10-,12+,13-/m1/s1. The number of rotatable bonds is 2. The van der Waals surface area contributed by atoms with Crippen molar-refractivity contribution in [2.75, 3.05) is 0 Å². The maximum atomic E-state index is 12.3. The Hall–Kier alpha value is -1.88. The Bertz CT molecular complexity index is 678. The monoisotopic (exact) mass is 270 g/mol. The summed E-state index contributed by atoms with van der Waals surface area (Å²) < 4.78 is 2.00. The predicted octanol–water partition coefficient (Wildman–Crippen LogP) is 1.27. The molecule has 2 fully saturated rings. The number of nitrogens with one attached hydrogen (secondary N) is 2. The SMILES string of the molecule is Cc1ccc2cnc(C(=O)N[C@@H]3C[C@H]4CC[C@@H]3N4)cn12. The van der Waals surface area contributed by atoms with Gasteiger partial charge in [-0.2, -0.15) is 0 Å². The summed E-state index contributed by atoms with van der Waals surface area (Å²) in [4.78, 5) is 16.6. The van der Waals surface area contributed by atoms with Gasteiger partial charge < -0.3 is 15.0 Å². The maximum Gasteiger partial charge on any atom is 0.271 e. The molecule has 20 heavy (non-hydrogen) atoms. The minimum Gasteiger partial charge on any atom is -0.346 e. The first-order valence-corrected chi connectivity index (χ1v) is 7.21. The second kappa shape index (κ2) is 4.31. The summed E-state index contributed by atoms with van der Waals surface area (Å²) in [6, 6.07) is 5.32. The van der Waals surface area contributed by atoms with Crippen molar-refractivity contribution in [2.45, 2.75) is 44.3 Å². The molecule has 2 aliphatic rings. The second-order valence-electron chi connectivity index (χ2n) is 5.91. The normalized spacial score (nSPS) is 28.1. The molecule has 0 aliphatic carbocycles. The van der Waals surface area contributed by atoms with Gasteiger partial charge in [0, 0.05) is 30.0 Å². The molecule has 1 amide bonds. The van der Waals surface area contributed by atoms with Crippen LogP contribution in [0.4, 0.5) is 0 Å². The lowest BCUT2D eigenvalue weighted by Crippen LogP contribution is -2.43. The number of carbonyl (C=O) groups excluding carboxylic acids is 1. The van der Waals surface area contributed by atoms with E-state index >= 15 is 0 Å². The van der Waals surface area contributed by atoms with E-state index in [0.717, 1.165) is 17.6 Å². The highest BCUT2D eigenvalue weighted by molar-refractivity contribution is 5.92. The van der Waals surface area contributed by atoms with Gasteiger partial charge in [-0.15, -0.1) is 0 Å². The van der Waals surface area contributed by atoms with Crippen LogP contribution in [0.2, 0.25) is 0 Å². The Kier molecular flexibility index (Phi) is 2.57.